The van der Waals surface area contributed by atoms with Crippen LogP contribution >= 0.6 is 10.4 Å². The first-order valence-electron chi connectivity index (χ1n) is 4.18. The van der Waals surface area contributed by atoms with Gasteiger partial charge in [0.25, 0.3) is 0 Å². The van der Waals surface area contributed by atoms with Crippen LogP contribution in [-0.4, -0.2) is 17.8 Å². The van der Waals surface area contributed by atoms with E-state index < -0.39 is 21.6 Å². The minimum absolute atomic E-state index is 0.396. The number of nitriles is 2. The van der Waals surface area contributed by atoms with E-state index in [4.69, 9.17) is 10.5 Å². The van der Waals surface area contributed by atoms with Crippen molar-refractivity contribution in [2.75, 3.05) is 12.5 Å². The van der Waals surface area contributed by atoms with Gasteiger partial charge in [0.1, 0.15) is 5.92 Å². The normalized spacial score (nSPS) is 14.7. The summed E-state index contributed by atoms with van der Waals surface area (Å²) in [6.07, 6.45) is 4.44. The summed E-state index contributed by atoms with van der Waals surface area (Å²) < 4.78 is 13.6. The fourth-order valence-corrected chi connectivity index (χ4v) is 2.82. The van der Waals surface area contributed by atoms with E-state index in [0.717, 1.165) is 6.42 Å². The van der Waals surface area contributed by atoms with Gasteiger partial charge in [-0.15, -0.1) is 0 Å². The zero-order valence-electron chi connectivity index (χ0n) is 8.25. The Morgan fingerprint density at radius 2 is 1.77 bits per heavy atom. The highest BCUT2D eigenvalue weighted by atomic mass is 32.3. The van der Waals surface area contributed by atoms with Crippen LogP contribution < -0.4 is 0 Å². The molecule has 1 unspecified atom stereocenters. The van der Waals surface area contributed by atoms with E-state index >= 15 is 0 Å². The minimum atomic E-state index is -2.30. The Morgan fingerprint density at radius 3 is 2.00 bits per heavy atom. The topological polar surface area (TPSA) is 47.6 Å². The lowest BCUT2D eigenvalue weighted by Gasteiger charge is -2.31. The van der Waals surface area contributed by atoms with Crippen LogP contribution in [0.5, 0.6) is 0 Å². The third kappa shape index (κ3) is 3.65. The summed E-state index contributed by atoms with van der Waals surface area (Å²) in [6.45, 7) is 1.93. The van der Waals surface area contributed by atoms with E-state index in [9.17, 15) is 3.89 Å². The molecule has 0 aliphatic rings. The zero-order valence-corrected chi connectivity index (χ0v) is 9.07. The molecule has 0 aromatic rings. The molecule has 0 aromatic carbocycles. The molecule has 0 aromatic heterocycles. The fourth-order valence-electron chi connectivity index (χ4n) is 1.25. The summed E-state index contributed by atoms with van der Waals surface area (Å²) in [5.74, 6) is -0.796. The zero-order chi connectivity index (χ0) is 10.5. The highest BCUT2D eigenvalue weighted by molar-refractivity contribution is 8.29. The van der Waals surface area contributed by atoms with Gasteiger partial charge in [0.2, 0.25) is 0 Å². The lowest BCUT2D eigenvalue weighted by molar-refractivity contribution is 0.649. The van der Waals surface area contributed by atoms with Gasteiger partial charge in [0.15, 0.2) is 0 Å². The number of hydrogen-bond donors (Lipinski definition) is 0. The Hall–Kier alpha value is -0.740. The largest absolute Gasteiger partial charge is 0.197 e. The Kier molecular flexibility index (Phi) is 4.80. The first-order valence-corrected chi connectivity index (χ1v) is 6.59. The van der Waals surface area contributed by atoms with E-state index in [-0.39, 0.29) is 0 Å². The minimum Gasteiger partial charge on any atom is -0.197 e. The number of nitrogens with zero attached hydrogens (tertiary/aromatic N) is 2. The molecule has 2 nitrogen and oxygen atoms in total. The van der Waals surface area contributed by atoms with Crippen LogP contribution in [0.15, 0.2) is 0 Å². The quantitative estimate of drug-likeness (QED) is 0.703. The van der Waals surface area contributed by atoms with Crippen molar-refractivity contribution in [3.63, 3.8) is 0 Å². The Morgan fingerprint density at radius 1 is 1.31 bits per heavy atom. The summed E-state index contributed by atoms with van der Waals surface area (Å²) >= 11 is 0. The molecule has 0 spiro atoms. The average molecular weight is 202 g/mol. The van der Waals surface area contributed by atoms with Crippen molar-refractivity contribution in [2.45, 2.75) is 25.0 Å². The van der Waals surface area contributed by atoms with E-state index in [1.54, 1.807) is 0 Å². The first-order chi connectivity index (χ1) is 5.97. The van der Waals surface area contributed by atoms with Crippen LogP contribution in [0, 0.1) is 28.6 Å². The van der Waals surface area contributed by atoms with Gasteiger partial charge < -0.3 is 0 Å². The third-order valence-corrected chi connectivity index (χ3v) is 3.89. The number of rotatable bonds is 4. The van der Waals surface area contributed by atoms with Crippen LogP contribution in [-0.2, 0) is 0 Å². The van der Waals surface area contributed by atoms with Crippen molar-refractivity contribution in [2.24, 2.45) is 5.92 Å². The second-order valence-corrected chi connectivity index (χ2v) is 6.50. The number of hydrogen-bond acceptors (Lipinski definition) is 2. The van der Waals surface area contributed by atoms with Crippen LogP contribution in [0.1, 0.15) is 19.8 Å². The third-order valence-electron chi connectivity index (χ3n) is 1.94. The van der Waals surface area contributed by atoms with Gasteiger partial charge in [-0.05, 0) is 18.9 Å². The maximum absolute atomic E-state index is 13.6. The summed E-state index contributed by atoms with van der Waals surface area (Å²) in [5, 5.41) is 16.9. The van der Waals surface area contributed by atoms with Gasteiger partial charge in [0, 0.05) is 5.25 Å². The van der Waals surface area contributed by atoms with Crippen molar-refractivity contribution >= 4 is 10.4 Å². The molecule has 74 valence electrons. The molecule has 0 amide bonds. The van der Waals surface area contributed by atoms with Crippen molar-refractivity contribution in [3.05, 3.63) is 0 Å². The van der Waals surface area contributed by atoms with Crippen LogP contribution in [0.25, 0.3) is 0 Å². The fraction of sp³-hybridized carbons (Fsp3) is 0.778. The van der Waals surface area contributed by atoms with Gasteiger partial charge >= 0.3 is 0 Å². The second-order valence-electron chi connectivity index (χ2n) is 3.34. The summed E-state index contributed by atoms with van der Waals surface area (Å²) in [7, 11) is -2.30. The van der Waals surface area contributed by atoms with Gasteiger partial charge in [-0.1, -0.05) is 23.8 Å². The molecule has 0 heterocycles. The molecule has 0 aliphatic heterocycles. The van der Waals surface area contributed by atoms with Crippen molar-refractivity contribution in [1.82, 2.24) is 0 Å². The smallest absolute Gasteiger partial charge is 0.145 e. The molecule has 13 heavy (non-hydrogen) atoms. The first kappa shape index (κ1) is 12.3. The SMILES string of the molecule is CCCC(C(C#N)C#N)S(C)(C)F. The molecule has 1 atom stereocenters. The molecule has 0 saturated heterocycles. The Bertz CT molecular complexity index is 219. The van der Waals surface area contributed by atoms with Crippen molar-refractivity contribution in [1.29, 1.82) is 10.5 Å². The molecule has 4 heteroatoms. The molecule has 0 radical (unpaired) electrons. The van der Waals surface area contributed by atoms with Crippen LogP contribution in [0.2, 0.25) is 0 Å². The van der Waals surface area contributed by atoms with Crippen molar-refractivity contribution < 1.29 is 3.89 Å². The maximum atomic E-state index is 13.6. The van der Waals surface area contributed by atoms with E-state index in [1.807, 2.05) is 19.1 Å². The molecular weight excluding hydrogens is 187 g/mol. The predicted octanol–water partition coefficient (Wildman–Crippen LogP) is 2.77. The molecular formula is C9H15FN2S. The van der Waals surface area contributed by atoms with E-state index in [1.165, 1.54) is 12.5 Å². The molecule has 0 rings (SSSR count). The lowest BCUT2D eigenvalue weighted by atomic mass is 10.1. The van der Waals surface area contributed by atoms with Gasteiger partial charge in [-0.25, -0.2) is 0 Å². The highest BCUT2D eigenvalue weighted by Gasteiger charge is 2.31. The molecule has 0 aliphatic carbocycles. The monoisotopic (exact) mass is 202 g/mol. The van der Waals surface area contributed by atoms with E-state index in [2.05, 4.69) is 0 Å². The molecule has 0 fully saturated rings. The number of halogens is 1. The molecule has 0 N–H and O–H groups in total. The summed E-state index contributed by atoms with van der Waals surface area (Å²) in [6, 6.07) is 3.73. The Balaban J connectivity index is 4.63. The van der Waals surface area contributed by atoms with Crippen LogP contribution in [0.3, 0.4) is 0 Å². The van der Waals surface area contributed by atoms with Gasteiger partial charge in [-0.3, -0.25) is 0 Å². The van der Waals surface area contributed by atoms with Gasteiger partial charge in [-0.2, -0.15) is 14.4 Å². The maximum Gasteiger partial charge on any atom is 0.145 e. The Labute approximate surface area is 81.0 Å². The summed E-state index contributed by atoms with van der Waals surface area (Å²) in [4.78, 5) is 0. The van der Waals surface area contributed by atoms with E-state index in [0.29, 0.717) is 6.42 Å². The lowest BCUT2D eigenvalue weighted by Crippen LogP contribution is -2.22. The standard InChI is InChI=1S/C9H15FN2S/c1-4-5-9(13(2,3)10)8(6-11)7-12/h8-9H,4-5H2,1-3H3. The predicted molar refractivity (Wildman–Crippen MR) is 54.0 cm³/mol. The molecule has 0 bridgehead atoms. The highest BCUT2D eigenvalue weighted by Crippen LogP contribution is 2.51. The molecule has 0 saturated carbocycles. The summed E-state index contributed by atoms with van der Waals surface area (Å²) in [5.41, 5.74) is 0. The van der Waals surface area contributed by atoms with Crippen LogP contribution in [0.4, 0.5) is 3.89 Å². The van der Waals surface area contributed by atoms with Crippen molar-refractivity contribution in [3.8, 4) is 12.1 Å². The van der Waals surface area contributed by atoms with Gasteiger partial charge in [0.05, 0.1) is 12.1 Å². The second kappa shape index (κ2) is 5.09. The average Bonchev–Trinajstić information content (AvgIpc) is 2.03.